The fraction of sp³-hybridized carbons (Fsp3) is 0.375. The van der Waals surface area contributed by atoms with E-state index in [1.165, 1.54) is 17.0 Å². The van der Waals surface area contributed by atoms with Crippen LogP contribution in [0.25, 0.3) is 0 Å². The van der Waals surface area contributed by atoms with Crippen molar-refractivity contribution < 1.29 is 17.9 Å². The van der Waals surface area contributed by atoms with Gasteiger partial charge in [0.1, 0.15) is 0 Å². The van der Waals surface area contributed by atoms with E-state index in [2.05, 4.69) is 20.7 Å². The fourth-order valence-corrected chi connectivity index (χ4v) is 1.50. The average Bonchev–Trinajstić information content (AvgIpc) is 2.12. The highest BCUT2D eigenvalue weighted by atomic mass is 79.9. The molecule has 2 N–H and O–H groups in total. The monoisotopic (exact) mass is 300 g/mol. The summed E-state index contributed by atoms with van der Waals surface area (Å²) in [4.78, 5) is 11.2. The van der Waals surface area contributed by atoms with Crippen LogP contribution in [0.15, 0.2) is 21.7 Å². The van der Waals surface area contributed by atoms with E-state index in [1.54, 1.807) is 0 Å². The van der Waals surface area contributed by atoms with Gasteiger partial charge in [-0.1, -0.05) is 0 Å². The predicted octanol–water partition coefficient (Wildman–Crippen LogP) is 1.73. The minimum atomic E-state index is -4.65. The smallest absolute Gasteiger partial charge is 0.394 e. The van der Waals surface area contributed by atoms with Gasteiger partial charge in [-0.2, -0.15) is 0 Å². The highest BCUT2D eigenvalue weighted by Crippen LogP contribution is 2.16. The zero-order chi connectivity index (χ0) is 12.3. The van der Waals surface area contributed by atoms with Crippen molar-refractivity contribution >= 4 is 21.6 Å². The third kappa shape index (κ3) is 3.86. The summed E-state index contributed by atoms with van der Waals surface area (Å²) in [5, 5.41) is 0. The van der Waals surface area contributed by atoms with Crippen LogP contribution in [0.2, 0.25) is 0 Å². The molecule has 1 aromatic heterocycles. The van der Waals surface area contributed by atoms with Crippen LogP contribution in [-0.4, -0.2) is 17.5 Å². The average molecular weight is 301 g/mol. The molecule has 0 aromatic carbocycles. The molecule has 0 fully saturated rings. The number of nitrogen functional groups attached to an aromatic ring is 1. The van der Waals surface area contributed by atoms with Gasteiger partial charge in [0.05, 0.1) is 16.8 Å². The van der Waals surface area contributed by atoms with Gasteiger partial charge in [0, 0.05) is 18.9 Å². The molecular weight excluding hydrogens is 293 g/mol. The number of nitrogens with zero attached hydrogens (tertiary/aromatic N) is 1. The minimum Gasteiger partial charge on any atom is -0.394 e. The Morgan fingerprint density at radius 3 is 2.56 bits per heavy atom. The zero-order valence-electron chi connectivity index (χ0n) is 7.92. The van der Waals surface area contributed by atoms with E-state index in [0.29, 0.717) is 0 Å². The van der Waals surface area contributed by atoms with Crippen LogP contribution < -0.4 is 11.2 Å². The summed E-state index contributed by atoms with van der Waals surface area (Å²) in [5.41, 5.74) is 4.92. The molecule has 0 aliphatic rings. The van der Waals surface area contributed by atoms with Crippen molar-refractivity contribution in [1.29, 1.82) is 0 Å². The zero-order valence-corrected chi connectivity index (χ0v) is 9.51. The van der Waals surface area contributed by atoms with Crippen LogP contribution in [0.3, 0.4) is 0 Å². The number of halogens is 4. The SMILES string of the molecule is Nc1cn(CCOC(F)(F)F)cc(Br)c1=O. The summed E-state index contributed by atoms with van der Waals surface area (Å²) >= 11 is 2.95. The molecular formula is C8H8BrF3N2O2. The molecule has 0 bridgehead atoms. The highest BCUT2D eigenvalue weighted by molar-refractivity contribution is 9.10. The van der Waals surface area contributed by atoms with Crippen molar-refractivity contribution in [3.63, 3.8) is 0 Å². The lowest BCUT2D eigenvalue weighted by Crippen LogP contribution is -2.19. The molecule has 0 aliphatic heterocycles. The van der Waals surface area contributed by atoms with E-state index in [9.17, 15) is 18.0 Å². The van der Waals surface area contributed by atoms with Crippen molar-refractivity contribution in [2.24, 2.45) is 0 Å². The van der Waals surface area contributed by atoms with Crippen molar-refractivity contribution in [3.05, 3.63) is 27.1 Å². The summed E-state index contributed by atoms with van der Waals surface area (Å²) < 4.78 is 40.1. The molecule has 4 nitrogen and oxygen atoms in total. The molecule has 0 unspecified atom stereocenters. The second kappa shape index (κ2) is 4.88. The summed E-state index contributed by atoms with van der Waals surface area (Å²) in [6, 6.07) is 0. The second-order valence-corrected chi connectivity index (χ2v) is 3.78. The Bertz CT molecular complexity index is 404. The van der Waals surface area contributed by atoms with Crippen molar-refractivity contribution in [2.45, 2.75) is 12.9 Å². The molecule has 0 saturated carbocycles. The molecule has 0 atom stereocenters. The molecule has 1 rings (SSSR count). The Balaban J connectivity index is 2.66. The first-order chi connectivity index (χ1) is 7.29. The van der Waals surface area contributed by atoms with Crippen LogP contribution in [-0.2, 0) is 11.3 Å². The first-order valence-corrected chi connectivity index (χ1v) is 4.94. The van der Waals surface area contributed by atoms with E-state index < -0.39 is 18.4 Å². The summed E-state index contributed by atoms with van der Waals surface area (Å²) in [6.07, 6.45) is -2.05. The number of ether oxygens (including phenoxy) is 1. The maximum Gasteiger partial charge on any atom is 0.522 e. The summed E-state index contributed by atoms with van der Waals surface area (Å²) in [6.45, 7) is -0.596. The van der Waals surface area contributed by atoms with E-state index in [0.717, 1.165) is 0 Å². The maximum atomic E-state index is 11.7. The van der Waals surface area contributed by atoms with Crippen molar-refractivity contribution in [3.8, 4) is 0 Å². The quantitative estimate of drug-likeness (QED) is 0.925. The fourth-order valence-electron chi connectivity index (χ4n) is 1.01. The molecule has 0 spiro atoms. The predicted molar refractivity (Wildman–Crippen MR) is 54.8 cm³/mol. The normalized spacial score (nSPS) is 11.8. The molecule has 1 heterocycles. The van der Waals surface area contributed by atoms with Gasteiger partial charge in [-0.15, -0.1) is 13.2 Å². The van der Waals surface area contributed by atoms with Gasteiger partial charge in [-0.25, -0.2) is 0 Å². The Hall–Kier alpha value is -1.02. The Morgan fingerprint density at radius 1 is 1.44 bits per heavy atom. The molecule has 0 aliphatic carbocycles. The van der Waals surface area contributed by atoms with Crippen LogP contribution in [0.4, 0.5) is 18.9 Å². The number of hydrogen-bond acceptors (Lipinski definition) is 3. The Labute approximate surface area is 96.9 Å². The van der Waals surface area contributed by atoms with Gasteiger partial charge in [0.25, 0.3) is 0 Å². The lowest BCUT2D eigenvalue weighted by atomic mass is 10.4. The molecule has 8 heteroatoms. The summed E-state index contributed by atoms with van der Waals surface area (Å²) in [5.74, 6) is 0. The Kier molecular flexibility index (Phi) is 3.98. The molecule has 0 radical (unpaired) electrons. The molecule has 16 heavy (non-hydrogen) atoms. The van der Waals surface area contributed by atoms with Crippen LogP contribution in [0, 0.1) is 0 Å². The number of nitrogens with two attached hydrogens (primary N) is 1. The van der Waals surface area contributed by atoms with Crippen LogP contribution in [0.5, 0.6) is 0 Å². The van der Waals surface area contributed by atoms with Gasteiger partial charge in [-0.3, -0.25) is 9.53 Å². The third-order valence-electron chi connectivity index (χ3n) is 1.68. The number of anilines is 1. The topological polar surface area (TPSA) is 57.2 Å². The molecule has 90 valence electrons. The second-order valence-electron chi connectivity index (χ2n) is 2.92. The van der Waals surface area contributed by atoms with Crippen molar-refractivity contribution in [2.75, 3.05) is 12.3 Å². The molecule has 0 amide bonds. The maximum absolute atomic E-state index is 11.7. The lowest BCUT2D eigenvalue weighted by molar-refractivity contribution is -0.325. The van der Waals surface area contributed by atoms with Crippen LogP contribution in [0.1, 0.15) is 0 Å². The number of alkyl halides is 3. The van der Waals surface area contributed by atoms with Gasteiger partial charge in [0.15, 0.2) is 0 Å². The first-order valence-electron chi connectivity index (χ1n) is 4.15. The lowest BCUT2D eigenvalue weighted by Gasteiger charge is -2.10. The van der Waals surface area contributed by atoms with E-state index in [4.69, 9.17) is 5.73 Å². The number of rotatable bonds is 3. The number of pyridine rings is 1. The van der Waals surface area contributed by atoms with E-state index in [-0.39, 0.29) is 16.7 Å². The van der Waals surface area contributed by atoms with E-state index in [1.807, 2.05) is 0 Å². The van der Waals surface area contributed by atoms with E-state index >= 15 is 0 Å². The van der Waals surface area contributed by atoms with Gasteiger partial charge >= 0.3 is 6.36 Å². The first kappa shape index (κ1) is 13.0. The number of hydrogen-bond donors (Lipinski definition) is 1. The number of aromatic nitrogens is 1. The largest absolute Gasteiger partial charge is 0.522 e. The Morgan fingerprint density at radius 2 is 2.06 bits per heavy atom. The van der Waals surface area contributed by atoms with Crippen molar-refractivity contribution in [1.82, 2.24) is 4.57 Å². The minimum absolute atomic E-state index is 0.0404. The van der Waals surface area contributed by atoms with Gasteiger partial charge < -0.3 is 10.3 Å². The van der Waals surface area contributed by atoms with Gasteiger partial charge in [0.2, 0.25) is 5.43 Å². The molecule has 0 saturated heterocycles. The molecule has 1 aromatic rings. The third-order valence-corrected chi connectivity index (χ3v) is 2.24. The highest BCUT2D eigenvalue weighted by Gasteiger charge is 2.28. The standard InChI is InChI=1S/C8H8BrF3N2O2/c9-5-3-14(4-6(13)7(5)15)1-2-16-8(10,11)12/h3-4H,1-2,13H2. The van der Waals surface area contributed by atoms with Gasteiger partial charge in [-0.05, 0) is 15.9 Å². The van der Waals surface area contributed by atoms with Crippen LogP contribution >= 0.6 is 15.9 Å². The summed E-state index contributed by atoms with van der Waals surface area (Å²) in [7, 11) is 0.